The summed E-state index contributed by atoms with van der Waals surface area (Å²) in [6, 6.07) is 11.8. The van der Waals surface area contributed by atoms with Gasteiger partial charge < -0.3 is 5.32 Å². The van der Waals surface area contributed by atoms with Gasteiger partial charge in [0.1, 0.15) is 0 Å². The van der Waals surface area contributed by atoms with Crippen molar-refractivity contribution in [2.45, 2.75) is 31.1 Å². The average Bonchev–Trinajstić information content (AvgIpc) is 3.07. The van der Waals surface area contributed by atoms with Crippen molar-refractivity contribution in [1.29, 1.82) is 0 Å². The highest BCUT2D eigenvalue weighted by Crippen LogP contribution is 2.40. The molecule has 0 radical (unpaired) electrons. The van der Waals surface area contributed by atoms with Crippen molar-refractivity contribution in [3.8, 4) is 0 Å². The highest BCUT2D eigenvalue weighted by atomic mass is 35.5. The lowest BCUT2D eigenvalue weighted by atomic mass is 9.79. The van der Waals surface area contributed by atoms with Gasteiger partial charge in [0, 0.05) is 12.0 Å². The SMILES string of the molecule is O=C(NCC1(c2ccccc2)CCCC1)c1cc(F)c(F)cc1Cl. The van der Waals surface area contributed by atoms with Crippen molar-refractivity contribution in [3.05, 3.63) is 70.2 Å². The van der Waals surface area contributed by atoms with E-state index in [-0.39, 0.29) is 16.0 Å². The first kappa shape index (κ1) is 16.9. The van der Waals surface area contributed by atoms with Crippen LogP contribution in [0.4, 0.5) is 8.78 Å². The topological polar surface area (TPSA) is 29.1 Å². The van der Waals surface area contributed by atoms with Crippen molar-refractivity contribution in [3.63, 3.8) is 0 Å². The molecule has 0 spiro atoms. The normalized spacial score (nSPS) is 16.1. The number of benzene rings is 2. The third-order valence-electron chi connectivity index (χ3n) is 4.79. The van der Waals surface area contributed by atoms with E-state index in [1.807, 2.05) is 18.2 Å². The van der Waals surface area contributed by atoms with Crippen LogP contribution in [0.15, 0.2) is 42.5 Å². The third-order valence-corrected chi connectivity index (χ3v) is 5.10. The van der Waals surface area contributed by atoms with E-state index in [1.54, 1.807) is 0 Å². The van der Waals surface area contributed by atoms with Gasteiger partial charge in [-0.05, 0) is 30.5 Å². The molecule has 1 amide bonds. The molecule has 0 bridgehead atoms. The number of carbonyl (C=O) groups is 1. The lowest BCUT2D eigenvalue weighted by Crippen LogP contribution is -2.39. The number of hydrogen-bond donors (Lipinski definition) is 1. The van der Waals surface area contributed by atoms with Crippen LogP contribution in [0, 0.1) is 11.6 Å². The molecule has 5 heteroatoms. The molecule has 126 valence electrons. The van der Waals surface area contributed by atoms with Gasteiger partial charge in [-0.2, -0.15) is 0 Å². The zero-order valence-electron chi connectivity index (χ0n) is 13.1. The number of hydrogen-bond acceptors (Lipinski definition) is 1. The number of halogens is 3. The van der Waals surface area contributed by atoms with Gasteiger partial charge in [0.15, 0.2) is 11.6 Å². The predicted octanol–water partition coefficient (Wildman–Crippen LogP) is 4.86. The Morgan fingerprint density at radius 2 is 1.71 bits per heavy atom. The number of nitrogens with one attached hydrogen (secondary N) is 1. The summed E-state index contributed by atoms with van der Waals surface area (Å²) in [6.07, 6.45) is 4.19. The van der Waals surface area contributed by atoms with Crippen LogP contribution in [0.2, 0.25) is 5.02 Å². The summed E-state index contributed by atoms with van der Waals surface area (Å²) in [4.78, 5) is 12.4. The van der Waals surface area contributed by atoms with Crippen molar-refractivity contribution in [1.82, 2.24) is 5.32 Å². The Bertz CT molecular complexity index is 743. The molecule has 3 rings (SSSR count). The second-order valence-corrected chi connectivity index (χ2v) is 6.69. The van der Waals surface area contributed by atoms with Gasteiger partial charge in [-0.25, -0.2) is 8.78 Å². The second-order valence-electron chi connectivity index (χ2n) is 6.28. The van der Waals surface area contributed by atoms with Crippen LogP contribution in [0.25, 0.3) is 0 Å². The van der Waals surface area contributed by atoms with E-state index in [0.29, 0.717) is 6.54 Å². The molecule has 1 aliphatic carbocycles. The first-order valence-corrected chi connectivity index (χ1v) is 8.38. The molecule has 0 heterocycles. The van der Waals surface area contributed by atoms with Crippen molar-refractivity contribution < 1.29 is 13.6 Å². The Labute approximate surface area is 144 Å². The smallest absolute Gasteiger partial charge is 0.252 e. The molecule has 0 aliphatic heterocycles. The summed E-state index contributed by atoms with van der Waals surface area (Å²) in [6.45, 7) is 0.450. The highest BCUT2D eigenvalue weighted by Gasteiger charge is 2.36. The van der Waals surface area contributed by atoms with Gasteiger partial charge >= 0.3 is 0 Å². The maximum absolute atomic E-state index is 13.4. The van der Waals surface area contributed by atoms with E-state index in [4.69, 9.17) is 11.6 Å². The minimum Gasteiger partial charge on any atom is -0.351 e. The first-order valence-electron chi connectivity index (χ1n) is 8.00. The van der Waals surface area contributed by atoms with Gasteiger partial charge in [0.2, 0.25) is 0 Å². The summed E-state index contributed by atoms with van der Waals surface area (Å²) in [5.41, 5.74) is 1.04. The standard InChI is InChI=1S/C19H18ClF2NO/c20-15-11-17(22)16(21)10-14(15)18(24)23-12-19(8-4-5-9-19)13-6-2-1-3-7-13/h1-3,6-7,10-11H,4-5,8-9,12H2,(H,23,24). The summed E-state index contributed by atoms with van der Waals surface area (Å²) in [7, 11) is 0. The first-order chi connectivity index (χ1) is 11.5. The Balaban J connectivity index is 1.79. The third kappa shape index (κ3) is 3.29. The Hall–Kier alpha value is -1.94. The Kier molecular flexibility index (Phi) is 4.86. The molecule has 0 aromatic heterocycles. The van der Waals surface area contributed by atoms with Crippen LogP contribution < -0.4 is 5.32 Å². The molecule has 2 aromatic rings. The van der Waals surface area contributed by atoms with Gasteiger partial charge in [-0.1, -0.05) is 54.8 Å². The molecule has 2 aromatic carbocycles. The van der Waals surface area contributed by atoms with E-state index in [1.165, 1.54) is 5.56 Å². The van der Waals surface area contributed by atoms with Crippen LogP contribution in [0.3, 0.4) is 0 Å². The minimum atomic E-state index is -1.08. The van der Waals surface area contributed by atoms with Crippen molar-refractivity contribution in [2.75, 3.05) is 6.54 Å². The van der Waals surface area contributed by atoms with Gasteiger partial charge in [-0.15, -0.1) is 0 Å². The fourth-order valence-corrected chi connectivity index (χ4v) is 3.69. The number of rotatable bonds is 4. The van der Waals surface area contributed by atoms with E-state index in [0.717, 1.165) is 37.8 Å². The molecule has 1 fully saturated rings. The molecular formula is C19H18ClF2NO. The van der Waals surface area contributed by atoms with E-state index in [9.17, 15) is 13.6 Å². The van der Waals surface area contributed by atoms with Crippen molar-refractivity contribution in [2.24, 2.45) is 0 Å². The lowest BCUT2D eigenvalue weighted by Gasteiger charge is -2.30. The molecule has 1 saturated carbocycles. The quantitative estimate of drug-likeness (QED) is 0.785. The molecule has 0 unspecified atom stereocenters. The van der Waals surface area contributed by atoms with Crippen LogP contribution in [0.5, 0.6) is 0 Å². The fraction of sp³-hybridized carbons (Fsp3) is 0.316. The Morgan fingerprint density at radius 3 is 2.38 bits per heavy atom. The zero-order valence-corrected chi connectivity index (χ0v) is 13.9. The summed E-state index contributed by atoms with van der Waals surface area (Å²) >= 11 is 5.88. The monoisotopic (exact) mass is 349 g/mol. The summed E-state index contributed by atoms with van der Waals surface area (Å²) < 4.78 is 26.5. The highest BCUT2D eigenvalue weighted by molar-refractivity contribution is 6.33. The lowest BCUT2D eigenvalue weighted by molar-refractivity contribution is 0.0942. The molecule has 2 nitrogen and oxygen atoms in total. The fourth-order valence-electron chi connectivity index (χ4n) is 3.45. The summed E-state index contributed by atoms with van der Waals surface area (Å²) in [5.74, 6) is -2.63. The van der Waals surface area contributed by atoms with Crippen LogP contribution in [-0.4, -0.2) is 12.5 Å². The van der Waals surface area contributed by atoms with Crippen molar-refractivity contribution >= 4 is 17.5 Å². The average molecular weight is 350 g/mol. The van der Waals surface area contributed by atoms with Gasteiger partial charge in [0.05, 0.1) is 10.6 Å². The Morgan fingerprint density at radius 1 is 1.08 bits per heavy atom. The molecule has 1 N–H and O–H groups in total. The predicted molar refractivity (Wildman–Crippen MR) is 90.3 cm³/mol. The van der Waals surface area contributed by atoms with E-state index >= 15 is 0 Å². The number of amides is 1. The molecular weight excluding hydrogens is 332 g/mol. The maximum Gasteiger partial charge on any atom is 0.252 e. The second kappa shape index (κ2) is 6.89. The largest absolute Gasteiger partial charge is 0.351 e. The number of carbonyl (C=O) groups excluding carboxylic acids is 1. The van der Waals surface area contributed by atoms with E-state index in [2.05, 4.69) is 17.4 Å². The van der Waals surface area contributed by atoms with Crippen LogP contribution >= 0.6 is 11.6 Å². The van der Waals surface area contributed by atoms with Gasteiger partial charge in [0.25, 0.3) is 5.91 Å². The molecule has 24 heavy (non-hydrogen) atoms. The van der Waals surface area contributed by atoms with Crippen LogP contribution in [0.1, 0.15) is 41.6 Å². The molecule has 0 atom stereocenters. The van der Waals surface area contributed by atoms with Gasteiger partial charge in [-0.3, -0.25) is 4.79 Å². The van der Waals surface area contributed by atoms with E-state index < -0.39 is 17.5 Å². The minimum absolute atomic E-state index is 0.0447. The molecule has 1 aliphatic rings. The van der Waals surface area contributed by atoms with Crippen LogP contribution in [-0.2, 0) is 5.41 Å². The molecule has 0 saturated heterocycles. The zero-order chi connectivity index (χ0) is 17.2. The maximum atomic E-state index is 13.4. The summed E-state index contributed by atoms with van der Waals surface area (Å²) in [5, 5.41) is 2.76.